The fourth-order valence-electron chi connectivity index (χ4n) is 1.91. The molecular formula is C15H15NO3. The van der Waals surface area contributed by atoms with Gasteiger partial charge in [0.15, 0.2) is 0 Å². The van der Waals surface area contributed by atoms with Gasteiger partial charge in [0.25, 0.3) is 5.91 Å². The van der Waals surface area contributed by atoms with E-state index in [0.29, 0.717) is 0 Å². The highest BCUT2D eigenvalue weighted by Gasteiger charge is 2.10. The normalized spacial score (nSPS) is 10.2. The molecule has 2 aromatic carbocycles. The van der Waals surface area contributed by atoms with Gasteiger partial charge in [-0.15, -0.1) is 0 Å². The molecule has 3 N–H and O–H groups in total. The molecule has 2 aromatic rings. The van der Waals surface area contributed by atoms with Crippen LogP contribution in [-0.2, 0) is 12.8 Å². The summed E-state index contributed by atoms with van der Waals surface area (Å²) in [6, 6.07) is 14.8. The van der Waals surface area contributed by atoms with Gasteiger partial charge in [-0.3, -0.25) is 10.0 Å². The number of carbonyl (C=O) groups excluding carboxylic acids is 1. The number of carbonyl (C=O) groups is 1. The Morgan fingerprint density at radius 2 is 1.68 bits per heavy atom. The van der Waals surface area contributed by atoms with Crippen molar-refractivity contribution in [2.75, 3.05) is 0 Å². The van der Waals surface area contributed by atoms with Gasteiger partial charge in [-0.1, -0.05) is 36.4 Å². The average Bonchev–Trinajstić information content (AvgIpc) is 2.46. The van der Waals surface area contributed by atoms with Gasteiger partial charge in [0.1, 0.15) is 5.75 Å². The third-order valence-corrected chi connectivity index (χ3v) is 2.95. The number of aryl methyl sites for hydroxylation is 2. The fraction of sp³-hybridized carbons (Fsp3) is 0.133. The van der Waals surface area contributed by atoms with E-state index in [1.54, 1.807) is 12.1 Å². The van der Waals surface area contributed by atoms with Crippen LogP contribution in [0.4, 0.5) is 0 Å². The summed E-state index contributed by atoms with van der Waals surface area (Å²) < 4.78 is 0. The van der Waals surface area contributed by atoms with Gasteiger partial charge < -0.3 is 5.11 Å². The lowest BCUT2D eigenvalue weighted by Gasteiger charge is -2.06. The summed E-state index contributed by atoms with van der Waals surface area (Å²) in [7, 11) is 0. The summed E-state index contributed by atoms with van der Waals surface area (Å²) in [6.45, 7) is 0. The van der Waals surface area contributed by atoms with Crippen molar-refractivity contribution in [2.24, 2.45) is 0 Å². The molecule has 0 saturated heterocycles. The molecule has 0 aromatic heterocycles. The first-order valence-corrected chi connectivity index (χ1v) is 6.01. The van der Waals surface area contributed by atoms with E-state index >= 15 is 0 Å². The first-order chi connectivity index (χ1) is 9.20. The van der Waals surface area contributed by atoms with Gasteiger partial charge in [-0.25, -0.2) is 5.48 Å². The average molecular weight is 257 g/mol. The lowest BCUT2D eigenvalue weighted by atomic mass is 10.0. The van der Waals surface area contributed by atoms with Crippen LogP contribution in [0.3, 0.4) is 0 Å². The van der Waals surface area contributed by atoms with Crippen LogP contribution in [0, 0.1) is 0 Å². The molecule has 0 saturated carbocycles. The van der Waals surface area contributed by atoms with E-state index in [1.165, 1.54) is 17.1 Å². The Balaban J connectivity index is 2.11. The second kappa shape index (κ2) is 6.02. The number of hydrogen-bond donors (Lipinski definition) is 3. The Morgan fingerprint density at radius 3 is 2.37 bits per heavy atom. The van der Waals surface area contributed by atoms with Crippen molar-refractivity contribution in [1.29, 1.82) is 0 Å². The van der Waals surface area contributed by atoms with Crippen LogP contribution in [0.15, 0.2) is 48.5 Å². The molecule has 19 heavy (non-hydrogen) atoms. The molecule has 0 radical (unpaired) electrons. The number of phenolic OH excluding ortho intramolecular Hbond substituents is 1. The van der Waals surface area contributed by atoms with Gasteiger partial charge in [0.05, 0.1) is 5.56 Å². The maximum Gasteiger partial charge on any atom is 0.278 e. The molecule has 0 atom stereocenters. The topological polar surface area (TPSA) is 69.6 Å². The molecule has 0 heterocycles. The Hall–Kier alpha value is -2.33. The third kappa shape index (κ3) is 3.33. The number of phenols is 1. The Labute approximate surface area is 111 Å². The molecule has 0 bridgehead atoms. The smallest absolute Gasteiger partial charge is 0.278 e. The minimum absolute atomic E-state index is 0.0769. The quantitative estimate of drug-likeness (QED) is 0.581. The Kier molecular flexibility index (Phi) is 4.15. The molecule has 0 aliphatic carbocycles. The first-order valence-electron chi connectivity index (χ1n) is 6.01. The van der Waals surface area contributed by atoms with Crippen molar-refractivity contribution in [3.8, 4) is 5.75 Å². The third-order valence-electron chi connectivity index (χ3n) is 2.95. The molecular weight excluding hydrogens is 242 g/mol. The van der Waals surface area contributed by atoms with E-state index in [0.717, 1.165) is 18.4 Å². The van der Waals surface area contributed by atoms with Crippen molar-refractivity contribution >= 4 is 5.91 Å². The molecule has 98 valence electrons. The van der Waals surface area contributed by atoms with Crippen LogP contribution in [-0.4, -0.2) is 16.2 Å². The summed E-state index contributed by atoms with van der Waals surface area (Å²) in [5.74, 6) is -0.853. The Morgan fingerprint density at radius 1 is 1.00 bits per heavy atom. The summed E-state index contributed by atoms with van der Waals surface area (Å²) in [4.78, 5) is 11.3. The highest BCUT2D eigenvalue weighted by molar-refractivity contribution is 5.96. The number of amides is 1. The maximum atomic E-state index is 11.3. The second-order valence-electron chi connectivity index (χ2n) is 4.28. The van der Waals surface area contributed by atoms with Gasteiger partial charge in [-0.05, 0) is 36.1 Å². The molecule has 4 nitrogen and oxygen atoms in total. The van der Waals surface area contributed by atoms with E-state index in [9.17, 15) is 9.90 Å². The zero-order valence-electron chi connectivity index (χ0n) is 10.3. The summed E-state index contributed by atoms with van der Waals surface area (Å²) in [5, 5.41) is 18.2. The van der Waals surface area contributed by atoms with Crippen LogP contribution in [0.2, 0.25) is 0 Å². The zero-order valence-corrected chi connectivity index (χ0v) is 10.3. The lowest BCUT2D eigenvalue weighted by Crippen LogP contribution is -2.18. The van der Waals surface area contributed by atoms with E-state index in [1.807, 2.05) is 30.3 Å². The number of hydroxylamine groups is 1. The summed E-state index contributed by atoms with van der Waals surface area (Å²) >= 11 is 0. The molecule has 0 spiro atoms. The van der Waals surface area contributed by atoms with Crippen LogP contribution in [0.25, 0.3) is 0 Å². The maximum absolute atomic E-state index is 11.3. The number of rotatable bonds is 4. The highest BCUT2D eigenvalue weighted by Crippen LogP contribution is 2.19. The van der Waals surface area contributed by atoms with E-state index in [4.69, 9.17) is 5.21 Å². The standard InChI is InChI=1S/C15H15NO3/c17-14-9-8-12(10-13(14)15(18)16-19)7-6-11-4-2-1-3-5-11/h1-5,8-10,17,19H,6-7H2,(H,16,18). The van der Waals surface area contributed by atoms with Crippen LogP contribution in [0.5, 0.6) is 5.75 Å². The van der Waals surface area contributed by atoms with Crippen molar-refractivity contribution < 1.29 is 15.1 Å². The minimum atomic E-state index is -0.709. The van der Waals surface area contributed by atoms with Crippen molar-refractivity contribution in [2.45, 2.75) is 12.8 Å². The van der Waals surface area contributed by atoms with Crippen LogP contribution >= 0.6 is 0 Å². The lowest BCUT2D eigenvalue weighted by molar-refractivity contribution is 0.0703. The zero-order chi connectivity index (χ0) is 13.7. The molecule has 2 rings (SSSR count). The van der Waals surface area contributed by atoms with Gasteiger partial charge in [-0.2, -0.15) is 0 Å². The highest BCUT2D eigenvalue weighted by atomic mass is 16.5. The number of hydrogen-bond acceptors (Lipinski definition) is 3. The fourth-order valence-corrected chi connectivity index (χ4v) is 1.91. The molecule has 0 aliphatic heterocycles. The van der Waals surface area contributed by atoms with Crippen molar-refractivity contribution in [3.63, 3.8) is 0 Å². The van der Waals surface area contributed by atoms with Crippen LogP contribution in [0.1, 0.15) is 21.5 Å². The largest absolute Gasteiger partial charge is 0.507 e. The molecule has 0 aliphatic rings. The number of benzene rings is 2. The molecule has 4 heteroatoms. The minimum Gasteiger partial charge on any atom is -0.507 e. The molecule has 0 fully saturated rings. The predicted octanol–water partition coefficient (Wildman–Crippen LogP) is 2.30. The van der Waals surface area contributed by atoms with E-state index in [-0.39, 0.29) is 11.3 Å². The number of aromatic hydroxyl groups is 1. The monoisotopic (exact) mass is 257 g/mol. The van der Waals surface area contributed by atoms with Crippen molar-refractivity contribution in [3.05, 3.63) is 65.2 Å². The van der Waals surface area contributed by atoms with Gasteiger partial charge in [0.2, 0.25) is 0 Å². The summed E-state index contributed by atoms with van der Waals surface area (Å²) in [5.41, 5.74) is 3.74. The van der Waals surface area contributed by atoms with Crippen LogP contribution < -0.4 is 5.48 Å². The second-order valence-corrected chi connectivity index (χ2v) is 4.28. The Bertz CT molecular complexity index is 567. The summed E-state index contributed by atoms with van der Waals surface area (Å²) in [6.07, 6.45) is 1.61. The van der Waals surface area contributed by atoms with E-state index in [2.05, 4.69) is 0 Å². The number of nitrogens with one attached hydrogen (secondary N) is 1. The predicted molar refractivity (Wildman–Crippen MR) is 71.2 cm³/mol. The van der Waals surface area contributed by atoms with E-state index < -0.39 is 5.91 Å². The van der Waals surface area contributed by atoms with Gasteiger partial charge in [0, 0.05) is 0 Å². The SMILES string of the molecule is O=C(NO)c1cc(CCc2ccccc2)ccc1O. The van der Waals surface area contributed by atoms with Gasteiger partial charge >= 0.3 is 0 Å². The molecule has 1 amide bonds. The van der Waals surface area contributed by atoms with Crippen molar-refractivity contribution in [1.82, 2.24) is 5.48 Å². The molecule has 0 unspecified atom stereocenters. The first kappa shape index (κ1) is 13.1.